The molecule has 2 heterocycles. The van der Waals surface area contributed by atoms with E-state index in [1.165, 1.54) is 12.5 Å². The molecule has 1 atom stereocenters. The van der Waals surface area contributed by atoms with Gasteiger partial charge in [0.25, 0.3) is 5.91 Å². The van der Waals surface area contributed by atoms with E-state index in [0.29, 0.717) is 23.0 Å². The van der Waals surface area contributed by atoms with Gasteiger partial charge in [0.1, 0.15) is 11.5 Å². The van der Waals surface area contributed by atoms with Crippen molar-refractivity contribution in [2.24, 2.45) is 0 Å². The second kappa shape index (κ2) is 8.42. The number of aryl methyl sites for hydroxylation is 2. The van der Waals surface area contributed by atoms with Gasteiger partial charge in [0, 0.05) is 18.3 Å². The Morgan fingerprint density at radius 2 is 2.00 bits per heavy atom. The number of aromatic nitrogens is 1. The second-order valence-corrected chi connectivity index (χ2v) is 7.43. The van der Waals surface area contributed by atoms with Gasteiger partial charge in [-0.25, -0.2) is 9.78 Å². The zero-order valence-electron chi connectivity index (χ0n) is 16.7. The van der Waals surface area contributed by atoms with Crippen molar-refractivity contribution in [3.63, 3.8) is 0 Å². The molecule has 1 amide bonds. The smallest absolute Gasteiger partial charge is 0.335 e. The van der Waals surface area contributed by atoms with Crippen LogP contribution >= 0.6 is 0 Å². The first kappa shape index (κ1) is 19.9. The lowest BCUT2D eigenvalue weighted by Crippen LogP contribution is -2.40. The van der Waals surface area contributed by atoms with Crippen LogP contribution in [0.15, 0.2) is 30.3 Å². The van der Waals surface area contributed by atoms with Gasteiger partial charge in [0.2, 0.25) is 0 Å². The summed E-state index contributed by atoms with van der Waals surface area (Å²) in [5.41, 5.74) is 2.75. The average Bonchev–Trinajstić information content (AvgIpc) is 2.67. The highest BCUT2D eigenvalue weighted by Crippen LogP contribution is 2.26. The molecule has 1 aliphatic rings. The van der Waals surface area contributed by atoms with E-state index in [1.54, 1.807) is 25.1 Å². The van der Waals surface area contributed by atoms with Crippen molar-refractivity contribution in [1.82, 2.24) is 4.98 Å². The monoisotopic (exact) mass is 381 g/mol. The number of carboxylic acid groups (broad SMARTS) is 1. The van der Waals surface area contributed by atoms with Gasteiger partial charge >= 0.3 is 5.97 Å². The number of aromatic carboxylic acids is 1. The normalized spacial score (nSPS) is 16.7. The van der Waals surface area contributed by atoms with Crippen molar-refractivity contribution >= 4 is 23.4 Å². The van der Waals surface area contributed by atoms with Crippen molar-refractivity contribution in [1.29, 1.82) is 0 Å². The number of hydrogen-bond donors (Lipinski definition) is 2. The molecule has 28 heavy (non-hydrogen) atoms. The lowest BCUT2D eigenvalue weighted by molar-refractivity contribution is 0.0696. The van der Waals surface area contributed by atoms with Crippen molar-refractivity contribution in [2.45, 2.75) is 52.5 Å². The molecule has 1 aromatic heterocycles. The van der Waals surface area contributed by atoms with Crippen LogP contribution in [0.4, 0.5) is 11.5 Å². The average molecular weight is 381 g/mol. The first-order chi connectivity index (χ1) is 13.4. The largest absolute Gasteiger partial charge is 0.478 e. The number of carbonyl (C=O) groups excluding carboxylic acids is 1. The molecule has 2 N–H and O–H groups in total. The third kappa shape index (κ3) is 4.32. The van der Waals surface area contributed by atoms with E-state index in [0.717, 1.165) is 37.2 Å². The summed E-state index contributed by atoms with van der Waals surface area (Å²) < 4.78 is 0. The minimum absolute atomic E-state index is 0.227. The van der Waals surface area contributed by atoms with E-state index >= 15 is 0 Å². The Labute approximate surface area is 165 Å². The predicted octanol–water partition coefficient (Wildman–Crippen LogP) is 4.42. The van der Waals surface area contributed by atoms with E-state index < -0.39 is 5.97 Å². The number of amides is 1. The lowest BCUT2D eigenvalue weighted by Gasteiger charge is -2.36. The molecule has 1 fully saturated rings. The van der Waals surface area contributed by atoms with Gasteiger partial charge in [0.05, 0.1) is 5.56 Å². The van der Waals surface area contributed by atoms with Gasteiger partial charge in [-0.1, -0.05) is 6.92 Å². The third-order valence-electron chi connectivity index (χ3n) is 5.30. The van der Waals surface area contributed by atoms with Crippen molar-refractivity contribution in [3.8, 4) is 0 Å². The molecule has 0 spiro atoms. The number of carbonyl (C=O) groups is 2. The van der Waals surface area contributed by atoms with Crippen molar-refractivity contribution in [2.75, 3.05) is 16.8 Å². The topological polar surface area (TPSA) is 82.5 Å². The van der Waals surface area contributed by atoms with E-state index in [2.05, 4.69) is 22.1 Å². The molecule has 1 saturated heterocycles. The number of rotatable bonds is 5. The summed E-state index contributed by atoms with van der Waals surface area (Å²) >= 11 is 0. The number of hydrogen-bond acceptors (Lipinski definition) is 4. The zero-order chi connectivity index (χ0) is 20.3. The molecule has 1 aromatic carbocycles. The van der Waals surface area contributed by atoms with Crippen LogP contribution in [0, 0.1) is 13.8 Å². The summed E-state index contributed by atoms with van der Waals surface area (Å²) in [7, 11) is 0. The first-order valence-corrected chi connectivity index (χ1v) is 9.79. The minimum atomic E-state index is -0.979. The fourth-order valence-electron chi connectivity index (χ4n) is 3.82. The first-order valence-electron chi connectivity index (χ1n) is 9.79. The summed E-state index contributed by atoms with van der Waals surface area (Å²) in [5, 5.41) is 12.0. The highest BCUT2D eigenvalue weighted by Gasteiger charge is 2.23. The molecule has 0 radical (unpaired) electrons. The van der Waals surface area contributed by atoms with Gasteiger partial charge in [-0.3, -0.25) is 4.79 Å². The van der Waals surface area contributed by atoms with Crippen LogP contribution in [0.1, 0.15) is 64.6 Å². The Balaban J connectivity index is 1.83. The molecular formula is C22H27N3O3. The van der Waals surface area contributed by atoms with Gasteiger partial charge < -0.3 is 15.3 Å². The molecule has 1 aliphatic heterocycles. The second-order valence-electron chi connectivity index (χ2n) is 7.43. The van der Waals surface area contributed by atoms with E-state index in [9.17, 15) is 9.59 Å². The molecule has 0 aliphatic carbocycles. The summed E-state index contributed by atoms with van der Waals surface area (Å²) in [4.78, 5) is 30.9. The summed E-state index contributed by atoms with van der Waals surface area (Å²) in [5.74, 6) is -0.418. The van der Waals surface area contributed by atoms with Crippen LogP contribution in [0.3, 0.4) is 0 Å². The molecule has 0 bridgehead atoms. The number of piperidine rings is 1. The predicted molar refractivity (Wildman–Crippen MR) is 110 cm³/mol. The fourth-order valence-corrected chi connectivity index (χ4v) is 3.82. The van der Waals surface area contributed by atoms with Crippen LogP contribution in [-0.2, 0) is 0 Å². The molecule has 0 unspecified atom stereocenters. The molecule has 6 nitrogen and oxygen atoms in total. The highest BCUT2D eigenvalue weighted by atomic mass is 16.4. The van der Waals surface area contributed by atoms with Crippen LogP contribution in [0.25, 0.3) is 0 Å². The highest BCUT2D eigenvalue weighted by molar-refractivity contribution is 6.03. The molecule has 2 aromatic rings. The Kier molecular flexibility index (Phi) is 5.97. The Bertz CT molecular complexity index is 895. The Morgan fingerprint density at radius 3 is 2.68 bits per heavy atom. The summed E-state index contributed by atoms with van der Waals surface area (Å²) in [6.45, 7) is 6.84. The molecule has 148 valence electrons. The number of nitrogens with zero attached hydrogens (tertiary/aromatic N) is 2. The molecule has 0 saturated carbocycles. The van der Waals surface area contributed by atoms with Crippen LogP contribution in [0.2, 0.25) is 0 Å². The van der Waals surface area contributed by atoms with Gasteiger partial charge in [-0.2, -0.15) is 0 Å². The molecule has 3 rings (SSSR count). The van der Waals surface area contributed by atoms with E-state index in [4.69, 9.17) is 5.11 Å². The SMILES string of the molecule is CC[C@@H]1CCCCN1c1cc(C)cc(C(=O)Nc2ccc(C(=O)O)c(C)c2)n1. The third-order valence-corrected chi connectivity index (χ3v) is 5.30. The van der Waals surface area contributed by atoms with E-state index in [1.807, 2.05) is 13.0 Å². The number of benzene rings is 1. The fraction of sp³-hybridized carbons (Fsp3) is 0.409. The number of anilines is 2. The zero-order valence-corrected chi connectivity index (χ0v) is 16.7. The van der Waals surface area contributed by atoms with Gasteiger partial charge in [-0.05, 0) is 81.0 Å². The minimum Gasteiger partial charge on any atom is -0.478 e. The Hall–Kier alpha value is -2.89. The summed E-state index contributed by atoms with van der Waals surface area (Å²) in [6.07, 6.45) is 4.60. The van der Waals surface area contributed by atoms with Crippen LogP contribution in [-0.4, -0.2) is 34.6 Å². The maximum atomic E-state index is 12.8. The quantitative estimate of drug-likeness (QED) is 0.801. The number of nitrogens with one attached hydrogen (secondary N) is 1. The number of pyridine rings is 1. The van der Waals surface area contributed by atoms with Gasteiger partial charge in [-0.15, -0.1) is 0 Å². The van der Waals surface area contributed by atoms with Crippen LogP contribution < -0.4 is 10.2 Å². The molecule has 6 heteroatoms. The van der Waals surface area contributed by atoms with Crippen molar-refractivity contribution < 1.29 is 14.7 Å². The van der Waals surface area contributed by atoms with E-state index in [-0.39, 0.29) is 11.5 Å². The lowest BCUT2D eigenvalue weighted by atomic mass is 10.00. The van der Waals surface area contributed by atoms with Crippen molar-refractivity contribution in [3.05, 3.63) is 52.7 Å². The maximum Gasteiger partial charge on any atom is 0.335 e. The standard InChI is InChI=1S/C22H27N3O3/c1-4-17-7-5-6-10-25(17)20-12-14(2)11-19(24-20)21(26)23-16-8-9-18(22(27)28)15(3)13-16/h8-9,11-13,17H,4-7,10H2,1-3H3,(H,23,26)(H,27,28)/t17-/m1/s1. The summed E-state index contributed by atoms with van der Waals surface area (Å²) in [6, 6.07) is 9.05. The van der Waals surface area contributed by atoms with Crippen LogP contribution in [0.5, 0.6) is 0 Å². The number of carboxylic acids is 1. The van der Waals surface area contributed by atoms with Gasteiger partial charge in [0.15, 0.2) is 0 Å². The Morgan fingerprint density at radius 1 is 1.21 bits per heavy atom. The molecular weight excluding hydrogens is 354 g/mol. The maximum absolute atomic E-state index is 12.8.